The number of nitrogens with zero attached hydrogens (tertiary/aromatic N) is 1. The molecule has 0 unspecified atom stereocenters. The molecule has 6 heteroatoms. The van der Waals surface area contributed by atoms with Crippen molar-refractivity contribution in [3.63, 3.8) is 0 Å². The Labute approximate surface area is 185 Å². The lowest BCUT2D eigenvalue weighted by molar-refractivity contribution is -0.132. The highest BCUT2D eigenvalue weighted by atomic mass is 16.5. The fraction of sp³-hybridized carbons (Fsp3) is 0.231. The van der Waals surface area contributed by atoms with Crippen molar-refractivity contribution in [2.45, 2.75) is 19.3 Å². The van der Waals surface area contributed by atoms with Crippen LogP contribution in [-0.2, 0) is 16.0 Å². The summed E-state index contributed by atoms with van der Waals surface area (Å²) in [5.74, 6) is 0.400. The second kappa shape index (κ2) is 8.75. The molecule has 0 bridgehead atoms. The van der Waals surface area contributed by atoms with Gasteiger partial charge in [0.05, 0.1) is 12.7 Å². The maximum Gasteiger partial charge on any atom is 0.260 e. The van der Waals surface area contributed by atoms with Crippen molar-refractivity contribution in [1.82, 2.24) is 4.90 Å². The van der Waals surface area contributed by atoms with Crippen LogP contribution in [0.3, 0.4) is 0 Å². The Hall–Kier alpha value is -3.80. The number of likely N-dealkylation sites (tertiary alicyclic amines) is 1. The third kappa shape index (κ3) is 4.17. The lowest BCUT2D eigenvalue weighted by Crippen LogP contribution is -2.32. The monoisotopic (exact) mass is 428 g/mol. The van der Waals surface area contributed by atoms with E-state index in [2.05, 4.69) is 5.32 Å². The molecule has 2 amide bonds. The van der Waals surface area contributed by atoms with Gasteiger partial charge >= 0.3 is 0 Å². The first-order valence-electron chi connectivity index (χ1n) is 10.9. The molecule has 6 nitrogen and oxygen atoms in total. The lowest BCUT2D eigenvalue weighted by Gasteiger charge is -2.15. The van der Waals surface area contributed by atoms with Gasteiger partial charge in [-0.1, -0.05) is 36.4 Å². The molecule has 4 aromatic rings. The lowest BCUT2D eigenvalue weighted by atomic mass is 10.0. The highest BCUT2D eigenvalue weighted by Gasteiger charge is 2.18. The zero-order chi connectivity index (χ0) is 21.9. The first-order valence-corrected chi connectivity index (χ1v) is 10.9. The van der Waals surface area contributed by atoms with Crippen LogP contribution in [0, 0.1) is 0 Å². The minimum absolute atomic E-state index is 0.00370. The van der Waals surface area contributed by atoms with Crippen LogP contribution in [0.1, 0.15) is 18.4 Å². The molecule has 0 atom stereocenters. The molecular weight excluding hydrogens is 404 g/mol. The number of furan rings is 1. The topological polar surface area (TPSA) is 71.8 Å². The molecule has 1 saturated heterocycles. The number of carbonyl (C=O) groups is 2. The van der Waals surface area contributed by atoms with Crippen LogP contribution in [0.2, 0.25) is 0 Å². The summed E-state index contributed by atoms with van der Waals surface area (Å²) in [4.78, 5) is 26.8. The van der Waals surface area contributed by atoms with E-state index in [1.807, 2.05) is 41.3 Å². The van der Waals surface area contributed by atoms with Crippen LogP contribution in [-0.4, -0.2) is 36.4 Å². The average Bonchev–Trinajstić information content (AvgIpc) is 3.48. The van der Waals surface area contributed by atoms with Crippen molar-refractivity contribution in [1.29, 1.82) is 0 Å². The third-order valence-corrected chi connectivity index (χ3v) is 5.83. The highest BCUT2D eigenvalue weighted by Crippen LogP contribution is 2.30. The number of rotatable bonds is 6. The van der Waals surface area contributed by atoms with E-state index < -0.39 is 0 Å². The summed E-state index contributed by atoms with van der Waals surface area (Å²) >= 11 is 0. The molecule has 162 valence electrons. The number of carbonyl (C=O) groups excluding carboxylic acids is 2. The maximum absolute atomic E-state index is 12.8. The molecule has 2 heterocycles. The molecule has 3 aromatic carbocycles. The largest absolute Gasteiger partial charge is 0.484 e. The molecule has 0 aliphatic carbocycles. The minimum Gasteiger partial charge on any atom is -0.484 e. The van der Waals surface area contributed by atoms with Crippen LogP contribution >= 0.6 is 0 Å². The summed E-state index contributed by atoms with van der Waals surface area (Å²) in [6.45, 7) is 1.61. The van der Waals surface area contributed by atoms with Crippen LogP contribution in [0.25, 0.3) is 21.7 Å². The van der Waals surface area contributed by atoms with Gasteiger partial charge in [0.25, 0.3) is 5.91 Å². The maximum atomic E-state index is 12.8. The summed E-state index contributed by atoms with van der Waals surface area (Å²) in [5, 5.41) is 6.07. The van der Waals surface area contributed by atoms with E-state index in [1.165, 1.54) is 0 Å². The van der Waals surface area contributed by atoms with E-state index in [-0.39, 0.29) is 24.8 Å². The molecule has 1 aliphatic heterocycles. The second-order valence-corrected chi connectivity index (χ2v) is 8.05. The number of amides is 2. The summed E-state index contributed by atoms with van der Waals surface area (Å²) in [6, 6.07) is 19.1. The molecule has 0 radical (unpaired) electrons. The molecular formula is C26H24N2O4. The van der Waals surface area contributed by atoms with Crippen LogP contribution in [0.4, 0.5) is 5.69 Å². The van der Waals surface area contributed by atoms with Crippen molar-refractivity contribution in [3.05, 3.63) is 72.5 Å². The Balaban J connectivity index is 1.26. The van der Waals surface area contributed by atoms with E-state index in [9.17, 15) is 9.59 Å². The Morgan fingerprint density at radius 1 is 1.00 bits per heavy atom. The predicted molar refractivity (Wildman–Crippen MR) is 124 cm³/mol. The second-order valence-electron chi connectivity index (χ2n) is 8.05. The van der Waals surface area contributed by atoms with E-state index >= 15 is 0 Å². The van der Waals surface area contributed by atoms with Crippen molar-refractivity contribution in [3.8, 4) is 5.75 Å². The van der Waals surface area contributed by atoms with Gasteiger partial charge in [0.2, 0.25) is 5.91 Å². The molecule has 0 spiro atoms. The van der Waals surface area contributed by atoms with Gasteiger partial charge in [0, 0.05) is 35.8 Å². The first kappa shape index (κ1) is 20.1. The minimum atomic E-state index is -0.147. The van der Waals surface area contributed by atoms with Gasteiger partial charge in [-0.05, 0) is 41.8 Å². The Bertz CT molecular complexity index is 1290. The van der Waals surface area contributed by atoms with Gasteiger partial charge in [-0.3, -0.25) is 9.59 Å². The number of anilines is 1. The molecule has 32 heavy (non-hydrogen) atoms. The van der Waals surface area contributed by atoms with E-state index in [1.54, 1.807) is 30.5 Å². The van der Waals surface area contributed by atoms with Gasteiger partial charge in [0.15, 0.2) is 6.61 Å². The number of fused-ring (bicyclic) bond motifs is 3. The SMILES string of the molecule is O=C(Cc1coc2ccc3ccccc3c12)Nc1cccc(OCC(=O)N2CCCC2)c1. The first-order chi connectivity index (χ1) is 15.7. The fourth-order valence-corrected chi connectivity index (χ4v) is 4.25. The molecule has 5 rings (SSSR count). The Morgan fingerprint density at radius 3 is 2.72 bits per heavy atom. The summed E-state index contributed by atoms with van der Waals surface area (Å²) in [5.41, 5.74) is 2.24. The average molecular weight is 428 g/mol. The summed E-state index contributed by atoms with van der Waals surface area (Å²) in [6.07, 6.45) is 3.95. The van der Waals surface area contributed by atoms with Crippen LogP contribution in [0.5, 0.6) is 5.75 Å². The van der Waals surface area contributed by atoms with Gasteiger partial charge in [-0.15, -0.1) is 0 Å². The zero-order valence-electron chi connectivity index (χ0n) is 17.7. The quantitative estimate of drug-likeness (QED) is 0.480. The smallest absolute Gasteiger partial charge is 0.260 e. The van der Waals surface area contributed by atoms with Gasteiger partial charge in [-0.25, -0.2) is 0 Å². The molecule has 0 saturated carbocycles. The molecule has 1 fully saturated rings. The van der Waals surface area contributed by atoms with E-state index in [0.717, 1.165) is 53.2 Å². The fourth-order valence-electron chi connectivity index (χ4n) is 4.25. The Morgan fingerprint density at radius 2 is 1.84 bits per heavy atom. The summed E-state index contributed by atoms with van der Waals surface area (Å²) < 4.78 is 11.3. The molecule has 1 aromatic heterocycles. The van der Waals surface area contributed by atoms with Gasteiger partial charge < -0.3 is 19.4 Å². The number of benzene rings is 3. The van der Waals surface area contributed by atoms with Crippen LogP contribution < -0.4 is 10.1 Å². The normalized spacial score (nSPS) is 13.6. The number of hydrogen-bond donors (Lipinski definition) is 1. The Kier molecular flexibility index (Phi) is 5.50. The van der Waals surface area contributed by atoms with E-state index in [0.29, 0.717) is 11.4 Å². The predicted octanol–water partition coefficient (Wildman–Crippen LogP) is 4.77. The van der Waals surface area contributed by atoms with Crippen molar-refractivity contribution in [2.24, 2.45) is 0 Å². The van der Waals surface area contributed by atoms with Crippen LogP contribution in [0.15, 0.2) is 71.3 Å². The van der Waals surface area contributed by atoms with Crippen molar-refractivity contribution >= 4 is 39.2 Å². The number of hydrogen-bond acceptors (Lipinski definition) is 4. The van der Waals surface area contributed by atoms with Crippen molar-refractivity contribution in [2.75, 3.05) is 25.0 Å². The highest BCUT2D eigenvalue weighted by molar-refractivity contribution is 6.09. The van der Waals surface area contributed by atoms with Gasteiger partial charge in [0.1, 0.15) is 11.3 Å². The molecule has 1 aliphatic rings. The standard InChI is InChI=1S/C26H24N2O4/c29-24(14-19-16-32-23-11-10-18-6-1-2-9-22(18)26(19)23)27-20-7-5-8-21(15-20)31-17-25(30)28-12-3-4-13-28/h1-2,5-11,15-16H,3-4,12-14,17H2,(H,27,29). The van der Waals surface area contributed by atoms with Gasteiger partial charge in [-0.2, -0.15) is 0 Å². The van der Waals surface area contributed by atoms with Crippen molar-refractivity contribution < 1.29 is 18.7 Å². The number of nitrogens with one attached hydrogen (secondary N) is 1. The summed E-state index contributed by atoms with van der Waals surface area (Å²) in [7, 11) is 0. The van der Waals surface area contributed by atoms with E-state index in [4.69, 9.17) is 9.15 Å². The third-order valence-electron chi connectivity index (χ3n) is 5.83. The molecule has 1 N–H and O–H groups in total. The zero-order valence-corrected chi connectivity index (χ0v) is 17.7. The number of ether oxygens (including phenoxy) is 1.